The SMILES string of the molecule is CCC(C)Cc1ccc(-c2ccc(CCC3CCC(CC)CC3)cc2)c(F)c1. The molecule has 0 radical (unpaired) electrons. The van der Waals surface area contributed by atoms with Gasteiger partial charge in [0, 0.05) is 5.56 Å². The lowest BCUT2D eigenvalue weighted by Crippen LogP contribution is -2.14. The Kier molecular flexibility index (Phi) is 7.71. The fraction of sp³-hybridized carbons (Fsp3) is 0.556. The van der Waals surface area contributed by atoms with Crippen molar-refractivity contribution < 1.29 is 4.39 Å². The van der Waals surface area contributed by atoms with Crippen LogP contribution in [-0.4, -0.2) is 0 Å². The van der Waals surface area contributed by atoms with E-state index in [4.69, 9.17) is 0 Å². The lowest BCUT2D eigenvalue weighted by molar-refractivity contribution is 0.259. The second-order valence-corrected chi connectivity index (χ2v) is 9.06. The van der Waals surface area contributed by atoms with Gasteiger partial charge in [-0.25, -0.2) is 4.39 Å². The Morgan fingerprint density at radius 3 is 2.14 bits per heavy atom. The molecule has 1 unspecified atom stereocenters. The van der Waals surface area contributed by atoms with Gasteiger partial charge in [-0.1, -0.05) is 95.7 Å². The van der Waals surface area contributed by atoms with Gasteiger partial charge in [0.2, 0.25) is 0 Å². The molecule has 1 saturated carbocycles. The molecule has 2 aromatic carbocycles. The first kappa shape index (κ1) is 21.1. The van der Waals surface area contributed by atoms with Crippen molar-refractivity contribution in [2.75, 3.05) is 0 Å². The third-order valence-corrected chi connectivity index (χ3v) is 6.96. The number of aryl methyl sites for hydroxylation is 1. The minimum atomic E-state index is -0.0961. The van der Waals surface area contributed by atoms with Crippen molar-refractivity contribution in [1.82, 2.24) is 0 Å². The Hall–Kier alpha value is -1.63. The highest BCUT2D eigenvalue weighted by Gasteiger charge is 2.19. The van der Waals surface area contributed by atoms with Gasteiger partial charge in [0.15, 0.2) is 0 Å². The molecule has 1 heteroatoms. The van der Waals surface area contributed by atoms with Gasteiger partial charge in [-0.2, -0.15) is 0 Å². The van der Waals surface area contributed by atoms with E-state index in [2.05, 4.69) is 51.1 Å². The number of halogens is 1. The summed E-state index contributed by atoms with van der Waals surface area (Å²) in [5, 5.41) is 0. The van der Waals surface area contributed by atoms with Gasteiger partial charge in [-0.3, -0.25) is 0 Å². The van der Waals surface area contributed by atoms with Crippen molar-refractivity contribution in [3.8, 4) is 11.1 Å². The average molecular weight is 381 g/mol. The Labute approximate surface area is 171 Å². The Balaban J connectivity index is 1.57. The summed E-state index contributed by atoms with van der Waals surface area (Å²) < 4.78 is 14.6. The first-order chi connectivity index (χ1) is 13.6. The number of hydrogen-bond donors (Lipinski definition) is 0. The zero-order chi connectivity index (χ0) is 19.9. The van der Waals surface area contributed by atoms with Crippen LogP contribution in [0.1, 0.15) is 76.8 Å². The first-order valence-corrected chi connectivity index (χ1v) is 11.5. The lowest BCUT2D eigenvalue weighted by atomic mass is 9.78. The Morgan fingerprint density at radius 2 is 1.54 bits per heavy atom. The molecule has 1 aliphatic rings. The van der Waals surface area contributed by atoms with E-state index in [0.717, 1.165) is 47.8 Å². The van der Waals surface area contributed by atoms with Crippen molar-refractivity contribution in [2.45, 2.75) is 78.6 Å². The van der Waals surface area contributed by atoms with Crippen molar-refractivity contribution in [1.29, 1.82) is 0 Å². The molecule has 1 atom stereocenters. The van der Waals surface area contributed by atoms with Gasteiger partial charge < -0.3 is 0 Å². The third-order valence-electron chi connectivity index (χ3n) is 6.96. The van der Waals surface area contributed by atoms with Crippen LogP contribution in [0.25, 0.3) is 11.1 Å². The van der Waals surface area contributed by atoms with Gasteiger partial charge >= 0.3 is 0 Å². The molecular formula is C27H37F. The summed E-state index contributed by atoms with van der Waals surface area (Å²) in [6.45, 7) is 6.74. The molecule has 1 aliphatic carbocycles. The fourth-order valence-electron chi connectivity index (χ4n) is 4.62. The van der Waals surface area contributed by atoms with E-state index >= 15 is 0 Å². The van der Waals surface area contributed by atoms with Crippen molar-refractivity contribution in [2.24, 2.45) is 17.8 Å². The van der Waals surface area contributed by atoms with Gasteiger partial charge in [0.05, 0.1) is 0 Å². The van der Waals surface area contributed by atoms with Gasteiger partial charge in [0.25, 0.3) is 0 Å². The van der Waals surface area contributed by atoms with E-state index in [-0.39, 0.29) is 5.82 Å². The van der Waals surface area contributed by atoms with Crippen LogP contribution in [0.5, 0.6) is 0 Å². The molecule has 0 amide bonds. The largest absolute Gasteiger partial charge is 0.206 e. The summed E-state index contributed by atoms with van der Waals surface area (Å²) in [5.74, 6) is 2.38. The molecule has 0 bridgehead atoms. The zero-order valence-corrected chi connectivity index (χ0v) is 18.0. The number of benzene rings is 2. The van der Waals surface area contributed by atoms with Crippen LogP contribution in [-0.2, 0) is 12.8 Å². The summed E-state index contributed by atoms with van der Waals surface area (Å²) in [7, 11) is 0. The molecule has 0 aliphatic heterocycles. The molecule has 0 heterocycles. The van der Waals surface area contributed by atoms with E-state index in [9.17, 15) is 4.39 Å². The van der Waals surface area contributed by atoms with E-state index in [1.54, 1.807) is 6.07 Å². The Morgan fingerprint density at radius 1 is 0.893 bits per heavy atom. The van der Waals surface area contributed by atoms with Crippen LogP contribution in [0.4, 0.5) is 4.39 Å². The van der Waals surface area contributed by atoms with E-state index < -0.39 is 0 Å². The number of hydrogen-bond acceptors (Lipinski definition) is 0. The van der Waals surface area contributed by atoms with E-state index in [1.807, 2.05) is 6.07 Å². The summed E-state index contributed by atoms with van der Waals surface area (Å²) in [4.78, 5) is 0. The molecular weight excluding hydrogens is 343 g/mol. The summed E-state index contributed by atoms with van der Waals surface area (Å²) in [6.07, 6.45) is 11.5. The Bertz CT molecular complexity index is 722. The maximum absolute atomic E-state index is 14.6. The van der Waals surface area contributed by atoms with Crippen molar-refractivity contribution in [3.05, 3.63) is 59.4 Å². The predicted octanol–water partition coefficient (Wildman–Crippen LogP) is 8.23. The van der Waals surface area contributed by atoms with Gasteiger partial charge in [-0.05, 0) is 59.8 Å². The van der Waals surface area contributed by atoms with Crippen LogP contribution in [0.3, 0.4) is 0 Å². The smallest absolute Gasteiger partial charge is 0.131 e. The second-order valence-electron chi connectivity index (χ2n) is 9.06. The van der Waals surface area contributed by atoms with E-state index in [1.165, 1.54) is 44.1 Å². The highest BCUT2D eigenvalue weighted by atomic mass is 19.1. The van der Waals surface area contributed by atoms with Crippen molar-refractivity contribution >= 4 is 0 Å². The molecule has 152 valence electrons. The first-order valence-electron chi connectivity index (χ1n) is 11.5. The van der Waals surface area contributed by atoms with Gasteiger partial charge in [0.1, 0.15) is 5.82 Å². The maximum atomic E-state index is 14.6. The molecule has 3 rings (SSSR count). The highest BCUT2D eigenvalue weighted by molar-refractivity contribution is 5.64. The molecule has 0 N–H and O–H groups in total. The molecule has 28 heavy (non-hydrogen) atoms. The minimum Gasteiger partial charge on any atom is -0.206 e. The summed E-state index contributed by atoms with van der Waals surface area (Å²) >= 11 is 0. The fourth-order valence-corrected chi connectivity index (χ4v) is 4.62. The standard InChI is InChI=1S/C27H37F/c1-4-20(3)18-24-14-17-26(27(28)19-24)25-15-12-23(13-16-25)11-10-22-8-6-21(5-2)7-9-22/h12-17,19-22H,4-11,18H2,1-3H3. The van der Waals surface area contributed by atoms with Crippen LogP contribution in [0.15, 0.2) is 42.5 Å². The minimum absolute atomic E-state index is 0.0961. The van der Waals surface area contributed by atoms with Crippen LogP contribution < -0.4 is 0 Å². The molecule has 0 spiro atoms. The summed E-state index contributed by atoms with van der Waals surface area (Å²) in [6, 6.07) is 14.3. The monoisotopic (exact) mass is 380 g/mol. The average Bonchev–Trinajstić information content (AvgIpc) is 2.73. The molecule has 0 aromatic heterocycles. The van der Waals surface area contributed by atoms with E-state index in [0.29, 0.717) is 5.92 Å². The second kappa shape index (κ2) is 10.2. The molecule has 0 saturated heterocycles. The zero-order valence-electron chi connectivity index (χ0n) is 18.0. The molecule has 2 aromatic rings. The van der Waals surface area contributed by atoms with Crippen molar-refractivity contribution in [3.63, 3.8) is 0 Å². The molecule has 1 fully saturated rings. The highest BCUT2D eigenvalue weighted by Crippen LogP contribution is 2.33. The normalized spacial score (nSPS) is 20.9. The van der Waals surface area contributed by atoms with Crippen LogP contribution in [0, 0.1) is 23.6 Å². The maximum Gasteiger partial charge on any atom is 0.131 e. The quantitative estimate of drug-likeness (QED) is 0.432. The number of rotatable bonds is 8. The lowest BCUT2D eigenvalue weighted by Gasteiger charge is -2.27. The predicted molar refractivity (Wildman–Crippen MR) is 119 cm³/mol. The third kappa shape index (κ3) is 5.69. The molecule has 0 nitrogen and oxygen atoms in total. The van der Waals surface area contributed by atoms with Gasteiger partial charge in [-0.15, -0.1) is 0 Å². The topological polar surface area (TPSA) is 0 Å². The summed E-state index contributed by atoms with van der Waals surface area (Å²) in [5.41, 5.74) is 4.19. The van der Waals surface area contributed by atoms with Crippen LogP contribution in [0.2, 0.25) is 0 Å². The van der Waals surface area contributed by atoms with Crippen LogP contribution >= 0.6 is 0 Å².